The van der Waals surface area contributed by atoms with Crippen LogP contribution in [0.25, 0.3) is 10.8 Å². The van der Waals surface area contributed by atoms with Gasteiger partial charge in [0.05, 0.1) is 0 Å². The molecule has 1 aliphatic heterocycles. The van der Waals surface area contributed by atoms with Crippen molar-refractivity contribution in [1.29, 1.82) is 0 Å². The lowest BCUT2D eigenvalue weighted by molar-refractivity contribution is -0.139. The highest BCUT2D eigenvalue weighted by Crippen LogP contribution is 2.38. The van der Waals surface area contributed by atoms with Crippen molar-refractivity contribution in [2.75, 3.05) is 13.4 Å². The van der Waals surface area contributed by atoms with Crippen LogP contribution in [0.3, 0.4) is 0 Å². The summed E-state index contributed by atoms with van der Waals surface area (Å²) in [6.45, 7) is -0.245. The molecule has 0 saturated carbocycles. The summed E-state index contributed by atoms with van der Waals surface area (Å²) in [5.41, 5.74) is 0. The van der Waals surface area contributed by atoms with E-state index in [0.29, 0.717) is 16.9 Å². The summed E-state index contributed by atoms with van der Waals surface area (Å²) in [5, 5.41) is 10.2. The number of aliphatic carboxylic acids is 1. The molecule has 0 fully saturated rings. The van der Waals surface area contributed by atoms with Gasteiger partial charge in [0.25, 0.3) is 0 Å². The number of hydrogen-bond acceptors (Lipinski definition) is 5. The van der Waals surface area contributed by atoms with Gasteiger partial charge in [-0.15, -0.1) is 0 Å². The fourth-order valence-corrected chi connectivity index (χ4v) is 1.78. The number of fused-ring (bicyclic) bond motifs is 2. The van der Waals surface area contributed by atoms with Crippen LogP contribution in [0.1, 0.15) is 0 Å². The van der Waals surface area contributed by atoms with E-state index in [4.69, 9.17) is 19.3 Å². The number of carboxylic acid groups (broad SMARTS) is 1. The minimum atomic E-state index is -1.05. The molecule has 0 spiro atoms. The Bertz CT molecular complexity index is 625. The van der Waals surface area contributed by atoms with E-state index in [1.54, 1.807) is 18.3 Å². The van der Waals surface area contributed by atoms with Crippen LogP contribution < -0.4 is 14.2 Å². The molecule has 0 atom stereocenters. The zero-order valence-electron chi connectivity index (χ0n) is 9.25. The summed E-state index contributed by atoms with van der Waals surface area (Å²) in [6, 6.07) is 5.35. The molecule has 18 heavy (non-hydrogen) atoms. The molecule has 0 amide bonds. The first-order chi connectivity index (χ1) is 8.74. The molecule has 1 N–H and O–H groups in total. The number of aromatic nitrogens is 1. The Kier molecular flexibility index (Phi) is 2.40. The van der Waals surface area contributed by atoms with Gasteiger partial charge in [-0.3, -0.25) is 0 Å². The van der Waals surface area contributed by atoms with Gasteiger partial charge in [-0.1, -0.05) is 0 Å². The van der Waals surface area contributed by atoms with E-state index in [2.05, 4.69) is 4.98 Å². The highest BCUT2D eigenvalue weighted by atomic mass is 16.7. The molecule has 0 bridgehead atoms. The standard InChI is InChI=1S/C12H9NO5/c14-11(15)5-16-12-8-4-10-9(17-6-18-10)3-7(8)1-2-13-12/h1-4H,5-6H2,(H,14,15). The van der Waals surface area contributed by atoms with Crippen molar-refractivity contribution in [2.45, 2.75) is 0 Å². The van der Waals surface area contributed by atoms with Gasteiger partial charge < -0.3 is 19.3 Å². The van der Waals surface area contributed by atoms with Crippen LogP contribution >= 0.6 is 0 Å². The predicted molar refractivity (Wildman–Crippen MR) is 61.0 cm³/mol. The Balaban J connectivity index is 2.06. The Morgan fingerprint density at radius 3 is 2.94 bits per heavy atom. The minimum absolute atomic E-state index is 0.185. The van der Waals surface area contributed by atoms with Crippen LogP contribution in [0.2, 0.25) is 0 Å². The Morgan fingerprint density at radius 2 is 2.17 bits per heavy atom. The average Bonchev–Trinajstić information content (AvgIpc) is 2.80. The average molecular weight is 247 g/mol. The fraction of sp³-hybridized carbons (Fsp3) is 0.167. The van der Waals surface area contributed by atoms with E-state index in [1.165, 1.54) is 0 Å². The molecule has 6 nitrogen and oxygen atoms in total. The molecular formula is C12H9NO5. The number of carbonyl (C=O) groups is 1. The van der Waals surface area contributed by atoms with Gasteiger partial charge in [-0.2, -0.15) is 0 Å². The number of carboxylic acids is 1. The van der Waals surface area contributed by atoms with E-state index >= 15 is 0 Å². The van der Waals surface area contributed by atoms with Crippen molar-refractivity contribution in [1.82, 2.24) is 4.98 Å². The van der Waals surface area contributed by atoms with Gasteiger partial charge in [0, 0.05) is 11.6 Å². The summed E-state index contributed by atoms with van der Waals surface area (Å²) in [4.78, 5) is 14.5. The fourth-order valence-electron chi connectivity index (χ4n) is 1.78. The monoisotopic (exact) mass is 247 g/mol. The molecule has 1 aromatic heterocycles. The molecule has 2 heterocycles. The van der Waals surface area contributed by atoms with Crippen LogP contribution in [0, 0.1) is 0 Å². The summed E-state index contributed by atoms with van der Waals surface area (Å²) >= 11 is 0. The normalized spacial score (nSPS) is 12.7. The van der Waals surface area contributed by atoms with Crippen molar-refractivity contribution < 1.29 is 24.1 Å². The lowest BCUT2D eigenvalue weighted by Crippen LogP contribution is -2.10. The van der Waals surface area contributed by atoms with Crippen LogP contribution in [0.5, 0.6) is 17.4 Å². The van der Waals surface area contributed by atoms with E-state index in [-0.39, 0.29) is 12.7 Å². The second-order valence-corrected chi connectivity index (χ2v) is 3.73. The number of ether oxygens (including phenoxy) is 3. The van der Waals surface area contributed by atoms with Crippen LogP contribution in [-0.2, 0) is 4.79 Å². The largest absolute Gasteiger partial charge is 0.479 e. The molecule has 3 rings (SSSR count). The lowest BCUT2D eigenvalue weighted by Gasteiger charge is -2.06. The van der Waals surface area contributed by atoms with Gasteiger partial charge in [-0.05, 0) is 23.6 Å². The molecule has 0 aliphatic carbocycles. The van der Waals surface area contributed by atoms with Gasteiger partial charge in [0.15, 0.2) is 18.1 Å². The van der Waals surface area contributed by atoms with Gasteiger partial charge in [-0.25, -0.2) is 9.78 Å². The third-order valence-electron chi connectivity index (χ3n) is 2.55. The quantitative estimate of drug-likeness (QED) is 0.883. The highest BCUT2D eigenvalue weighted by Gasteiger charge is 2.16. The number of nitrogens with zero attached hydrogens (tertiary/aromatic N) is 1. The van der Waals surface area contributed by atoms with Crippen molar-refractivity contribution in [3.8, 4) is 17.4 Å². The smallest absolute Gasteiger partial charge is 0.341 e. The summed E-state index contributed by atoms with van der Waals surface area (Å²) in [6.07, 6.45) is 1.56. The van der Waals surface area contributed by atoms with Gasteiger partial charge in [0.2, 0.25) is 12.7 Å². The predicted octanol–water partition coefficient (Wildman–Crippen LogP) is 1.43. The van der Waals surface area contributed by atoms with Crippen LogP contribution in [-0.4, -0.2) is 29.5 Å². The maximum Gasteiger partial charge on any atom is 0.341 e. The number of pyridine rings is 1. The third kappa shape index (κ3) is 1.77. The van der Waals surface area contributed by atoms with Crippen molar-refractivity contribution >= 4 is 16.7 Å². The molecule has 6 heteroatoms. The van der Waals surface area contributed by atoms with E-state index in [0.717, 1.165) is 5.39 Å². The van der Waals surface area contributed by atoms with E-state index in [1.807, 2.05) is 6.07 Å². The molecule has 1 aromatic carbocycles. The zero-order chi connectivity index (χ0) is 12.5. The number of rotatable bonds is 3. The van der Waals surface area contributed by atoms with Crippen LogP contribution in [0.15, 0.2) is 24.4 Å². The van der Waals surface area contributed by atoms with Crippen molar-refractivity contribution in [2.24, 2.45) is 0 Å². The Hall–Kier alpha value is -2.50. The first kappa shape index (κ1) is 10.6. The lowest BCUT2D eigenvalue weighted by atomic mass is 10.1. The SMILES string of the molecule is O=C(O)COc1nccc2cc3c(cc12)OCO3. The maximum atomic E-state index is 10.5. The molecular weight excluding hydrogens is 238 g/mol. The molecule has 1 aliphatic rings. The molecule has 0 radical (unpaired) electrons. The first-order valence-electron chi connectivity index (χ1n) is 5.27. The molecule has 2 aromatic rings. The summed E-state index contributed by atoms with van der Waals surface area (Å²) < 4.78 is 15.7. The first-order valence-corrected chi connectivity index (χ1v) is 5.27. The Morgan fingerprint density at radius 1 is 1.39 bits per heavy atom. The molecule has 0 unspecified atom stereocenters. The van der Waals surface area contributed by atoms with Crippen molar-refractivity contribution in [3.63, 3.8) is 0 Å². The Labute approximate surface area is 102 Å². The topological polar surface area (TPSA) is 77.9 Å². The summed E-state index contributed by atoms with van der Waals surface area (Å²) in [5.74, 6) is 0.497. The number of hydrogen-bond donors (Lipinski definition) is 1. The minimum Gasteiger partial charge on any atom is -0.479 e. The van der Waals surface area contributed by atoms with E-state index in [9.17, 15) is 4.79 Å². The van der Waals surface area contributed by atoms with Gasteiger partial charge in [0.1, 0.15) is 0 Å². The van der Waals surface area contributed by atoms with Gasteiger partial charge >= 0.3 is 5.97 Å². The third-order valence-corrected chi connectivity index (χ3v) is 2.55. The van der Waals surface area contributed by atoms with Crippen LogP contribution in [0.4, 0.5) is 0 Å². The second kappa shape index (κ2) is 4.06. The summed E-state index contributed by atoms with van der Waals surface area (Å²) in [7, 11) is 0. The second-order valence-electron chi connectivity index (χ2n) is 3.73. The highest BCUT2D eigenvalue weighted by molar-refractivity contribution is 5.90. The molecule has 92 valence electrons. The van der Waals surface area contributed by atoms with Crippen molar-refractivity contribution in [3.05, 3.63) is 24.4 Å². The molecule has 0 saturated heterocycles. The number of benzene rings is 1. The zero-order valence-corrected chi connectivity index (χ0v) is 9.25. The maximum absolute atomic E-state index is 10.5. The van der Waals surface area contributed by atoms with E-state index < -0.39 is 12.6 Å².